The van der Waals surface area contributed by atoms with Gasteiger partial charge in [0.1, 0.15) is 5.82 Å². The maximum Gasteiger partial charge on any atom is 0.254 e. The normalized spacial score (nSPS) is 11.3. The zero-order valence-corrected chi connectivity index (χ0v) is 10.9. The Labute approximate surface area is 111 Å². The van der Waals surface area contributed by atoms with Gasteiger partial charge in [0, 0.05) is 18.2 Å². The predicted octanol–water partition coefficient (Wildman–Crippen LogP) is 2.26. The summed E-state index contributed by atoms with van der Waals surface area (Å²) in [6, 6.07) is 6.60. The van der Waals surface area contributed by atoms with Gasteiger partial charge in [-0.2, -0.15) is 5.10 Å². The van der Waals surface area contributed by atoms with Crippen LogP contribution in [-0.4, -0.2) is 22.6 Å². The lowest BCUT2D eigenvalue weighted by Crippen LogP contribution is -2.37. The lowest BCUT2D eigenvalue weighted by atomic mass is 9.84. The molecule has 0 spiro atoms. The fourth-order valence-electron chi connectivity index (χ4n) is 1.88. The molecule has 0 aliphatic heterocycles. The molecule has 19 heavy (non-hydrogen) atoms. The Morgan fingerprint density at radius 1 is 1.42 bits per heavy atom. The number of nitrogens with zero attached hydrogens (tertiary/aromatic N) is 1. The van der Waals surface area contributed by atoms with Gasteiger partial charge in [0.05, 0.1) is 11.8 Å². The summed E-state index contributed by atoms with van der Waals surface area (Å²) < 4.78 is 13.8. The van der Waals surface area contributed by atoms with Gasteiger partial charge in [-0.25, -0.2) is 4.39 Å². The van der Waals surface area contributed by atoms with Gasteiger partial charge in [-0.05, 0) is 11.6 Å². The van der Waals surface area contributed by atoms with E-state index in [2.05, 4.69) is 15.5 Å². The molecule has 1 aromatic carbocycles. The first-order valence-electron chi connectivity index (χ1n) is 6.03. The molecule has 0 saturated heterocycles. The van der Waals surface area contributed by atoms with E-state index in [1.54, 1.807) is 18.2 Å². The molecule has 0 saturated carbocycles. The molecule has 0 radical (unpaired) electrons. The van der Waals surface area contributed by atoms with Gasteiger partial charge in [-0.3, -0.25) is 9.89 Å². The van der Waals surface area contributed by atoms with Crippen molar-refractivity contribution in [2.24, 2.45) is 0 Å². The van der Waals surface area contributed by atoms with Crippen molar-refractivity contribution in [1.29, 1.82) is 0 Å². The van der Waals surface area contributed by atoms with E-state index in [1.807, 2.05) is 13.8 Å². The van der Waals surface area contributed by atoms with Gasteiger partial charge < -0.3 is 5.32 Å². The number of H-pyrrole nitrogens is 1. The fraction of sp³-hybridized carbons (Fsp3) is 0.286. The zero-order valence-electron chi connectivity index (χ0n) is 10.9. The maximum atomic E-state index is 13.8. The van der Waals surface area contributed by atoms with Crippen molar-refractivity contribution >= 4 is 5.91 Å². The molecule has 100 valence electrons. The van der Waals surface area contributed by atoms with Crippen LogP contribution < -0.4 is 5.32 Å². The van der Waals surface area contributed by atoms with E-state index in [4.69, 9.17) is 0 Å². The van der Waals surface area contributed by atoms with Crippen LogP contribution in [0.15, 0.2) is 36.7 Å². The van der Waals surface area contributed by atoms with Crippen molar-refractivity contribution in [2.75, 3.05) is 6.54 Å². The molecule has 0 bridgehead atoms. The second-order valence-corrected chi connectivity index (χ2v) is 5.03. The van der Waals surface area contributed by atoms with E-state index in [-0.39, 0.29) is 11.7 Å². The zero-order chi connectivity index (χ0) is 13.9. The average Bonchev–Trinajstić information content (AvgIpc) is 2.90. The number of carbonyl (C=O) groups is 1. The van der Waals surface area contributed by atoms with Gasteiger partial charge in [0.2, 0.25) is 0 Å². The third-order valence-electron chi connectivity index (χ3n) is 3.05. The first-order valence-corrected chi connectivity index (χ1v) is 6.03. The first-order chi connectivity index (χ1) is 9.00. The van der Waals surface area contributed by atoms with Crippen molar-refractivity contribution in [1.82, 2.24) is 15.5 Å². The van der Waals surface area contributed by atoms with Gasteiger partial charge in [0.25, 0.3) is 5.91 Å². The molecular weight excluding hydrogens is 245 g/mol. The average molecular weight is 261 g/mol. The molecular formula is C14H16FN3O. The van der Waals surface area contributed by atoms with Gasteiger partial charge in [0.15, 0.2) is 0 Å². The lowest BCUT2D eigenvalue weighted by Gasteiger charge is -2.26. The highest BCUT2D eigenvalue weighted by Gasteiger charge is 2.24. The maximum absolute atomic E-state index is 13.8. The lowest BCUT2D eigenvalue weighted by molar-refractivity contribution is 0.0945. The Balaban J connectivity index is 2.06. The summed E-state index contributed by atoms with van der Waals surface area (Å²) in [4.78, 5) is 11.8. The van der Waals surface area contributed by atoms with Crippen molar-refractivity contribution in [3.8, 4) is 0 Å². The second kappa shape index (κ2) is 5.22. The Kier molecular flexibility index (Phi) is 3.64. The highest BCUT2D eigenvalue weighted by atomic mass is 19.1. The molecule has 1 amide bonds. The molecule has 0 aliphatic carbocycles. The van der Waals surface area contributed by atoms with Crippen LogP contribution in [-0.2, 0) is 5.41 Å². The summed E-state index contributed by atoms with van der Waals surface area (Å²) in [6.45, 7) is 4.13. The van der Waals surface area contributed by atoms with Gasteiger partial charge in [-0.15, -0.1) is 0 Å². The van der Waals surface area contributed by atoms with Crippen LogP contribution in [0.25, 0.3) is 0 Å². The van der Waals surface area contributed by atoms with E-state index in [1.165, 1.54) is 18.5 Å². The van der Waals surface area contributed by atoms with Gasteiger partial charge >= 0.3 is 0 Å². The number of aromatic amines is 1. The van der Waals surface area contributed by atoms with Crippen LogP contribution in [0.1, 0.15) is 29.8 Å². The highest BCUT2D eigenvalue weighted by molar-refractivity contribution is 5.93. The minimum Gasteiger partial charge on any atom is -0.351 e. The summed E-state index contributed by atoms with van der Waals surface area (Å²) in [5, 5.41) is 9.08. The van der Waals surface area contributed by atoms with E-state index in [9.17, 15) is 9.18 Å². The van der Waals surface area contributed by atoms with Crippen molar-refractivity contribution in [3.05, 3.63) is 53.6 Å². The largest absolute Gasteiger partial charge is 0.351 e. The number of amides is 1. The molecule has 4 nitrogen and oxygen atoms in total. The SMILES string of the molecule is CC(C)(CNC(=O)c1cn[nH]c1)c1ccccc1F. The molecule has 0 fully saturated rings. The van der Waals surface area contributed by atoms with Crippen LogP contribution in [0.3, 0.4) is 0 Å². The van der Waals surface area contributed by atoms with Crippen LogP contribution >= 0.6 is 0 Å². The smallest absolute Gasteiger partial charge is 0.254 e. The Morgan fingerprint density at radius 2 is 2.16 bits per heavy atom. The van der Waals surface area contributed by atoms with Gasteiger partial charge in [-0.1, -0.05) is 32.0 Å². The molecule has 0 atom stereocenters. The third kappa shape index (κ3) is 2.99. The summed E-state index contributed by atoms with van der Waals surface area (Å²) in [5.74, 6) is -0.483. The molecule has 0 aliphatic rings. The Hall–Kier alpha value is -2.17. The second-order valence-electron chi connectivity index (χ2n) is 5.03. The molecule has 1 heterocycles. The topological polar surface area (TPSA) is 57.8 Å². The van der Waals surface area contributed by atoms with Crippen LogP contribution in [0.4, 0.5) is 4.39 Å². The first kappa shape index (κ1) is 13.3. The number of hydrogen-bond acceptors (Lipinski definition) is 2. The Morgan fingerprint density at radius 3 is 2.79 bits per heavy atom. The molecule has 0 unspecified atom stereocenters. The number of rotatable bonds is 4. The minimum atomic E-state index is -0.481. The predicted molar refractivity (Wildman–Crippen MR) is 70.3 cm³/mol. The quantitative estimate of drug-likeness (QED) is 0.887. The fourth-order valence-corrected chi connectivity index (χ4v) is 1.88. The number of halogens is 1. The third-order valence-corrected chi connectivity index (χ3v) is 3.05. The molecule has 2 aromatic rings. The van der Waals surface area contributed by atoms with Crippen LogP contribution in [0, 0.1) is 5.82 Å². The Bertz CT molecular complexity index is 564. The monoisotopic (exact) mass is 261 g/mol. The molecule has 1 aromatic heterocycles. The summed E-state index contributed by atoms with van der Waals surface area (Å²) >= 11 is 0. The summed E-state index contributed by atoms with van der Waals surface area (Å²) in [6.07, 6.45) is 2.97. The number of aromatic nitrogens is 2. The number of hydrogen-bond donors (Lipinski definition) is 2. The van der Waals surface area contributed by atoms with E-state index in [0.717, 1.165) is 0 Å². The standard InChI is InChI=1S/C14H16FN3O/c1-14(2,11-5-3-4-6-12(11)15)9-16-13(19)10-7-17-18-8-10/h3-8H,9H2,1-2H3,(H,16,19)(H,17,18). The molecule has 5 heteroatoms. The van der Waals surface area contributed by atoms with E-state index in [0.29, 0.717) is 17.7 Å². The van der Waals surface area contributed by atoms with E-state index >= 15 is 0 Å². The summed E-state index contributed by atoms with van der Waals surface area (Å²) in [5.41, 5.74) is 0.567. The van der Waals surface area contributed by atoms with Crippen LogP contribution in [0.5, 0.6) is 0 Å². The molecule has 2 rings (SSSR count). The number of benzene rings is 1. The minimum absolute atomic E-state index is 0.224. The van der Waals surface area contributed by atoms with Crippen molar-refractivity contribution < 1.29 is 9.18 Å². The number of nitrogens with one attached hydrogen (secondary N) is 2. The highest BCUT2D eigenvalue weighted by Crippen LogP contribution is 2.24. The van der Waals surface area contributed by atoms with Crippen molar-refractivity contribution in [3.63, 3.8) is 0 Å². The number of carbonyl (C=O) groups excluding carboxylic acids is 1. The summed E-state index contributed by atoms with van der Waals surface area (Å²) in [7, 11) is 0. The van der Waals surface area contributed by atoms with Crippen LogP contribution in [0.2, 0.25) is 0 Å². The van der Waals surface area contributed by atoms with Crippen molar-refractivity contribution in [2.45, 2.75) is 19.3 Å². The van der Waals surface area contributed by atoms with E-state index < -0.39 is 5.41 Å². The molecule has 2 N–H and O–H groups in total.